The van der Waals surface area contributed by atoms with E-state index in [2.05, 4.69) is 36.7 Å². The van der Waals surface area contributed by atoms with Gasteiger partial charge in [0.05, 0.1) is 19.3 Å². The quantitative estimate of drug-likeness (QED) is 0.564. The van der Waals surface area contributed by atoms with E-state index in [0.29, 0.717) is 34.6 Å². The molecular weight excluding hydrogens is 402 g/mol. The highest BCUT2D eigenvalue weighted by atomic mass is 16.5. The van der Waals surface area contributed by atoms with Gasteiger partial charge in [0.25, 0.3) is 5.91 Å². The van der Waals surface area contributed by atoms with Gasteiger partial charge in [0.15, 0.2) is 0 Å². The number of benzene rings is 2. The molecule has 2 aromatic carbocycles. The first-order chi connectivity index (χ1) is 15.3. The number of hydrogen-bond donors (Lipinski definition) is 3. The Labute approximate surface area is 191 Å². The average Bonchev–Trinajstić information content (AvgIpc) is 2.78. The van der Waals surface area contributed by atoms with Crippen LogP contribution in [0.25, 0.3) is 0 Å². The van der Waals surface area contributed by atoms with Gasteiger partial charge in [-0.15, -0.1) is 0 Å². The molecule has 2 aromatic rings. The van der Waals surface area contributed by atoms with Crippen molar-refractivity contribution in [1.82, 2.24) is 5.32 Å². The molecule has 0 heterocycles. The number of methoxy groups -OCH3 is 1. The smallest absolute Gasteiger partial charge is 0.255 e. The molecule has 2 amide bonds. The van der Waals surface area contributed by atoms with Gasteiger partial charge < -0.3 is 20.7 Å². The molecule has 1 aliphatic rings. The largest absolute Gasteiger partial charge is 0.495 e. The molecule has 0 aromatic heterocycles. The number of para-hydroxylation sites is 2. The summed E-state index contributed by atoms with van der Waals surface area (Å²) in [6, 6.07) is 14.5. The van der Waals surface area contributed by atoms with Gasteiger partial charge in [0, 0.05) is 17.3 Å². The monoisotopic (exact) mass is 437 g/mol. The highest BCUT2D eigenvalue weighted by molar-refractivity contribution is 6.05. The lowest BCUT2D eigenvalue weighted by atomic mass is 9.69. The highest BCUT2D eigenvalue weighted by Gasteiger charge is 2.33. The fraction of sp³-hybridized carbons (Fsp3) is 0.462. The molecule has 0 bridgehead atoms. The SMILES string of the molecule is COc1ccccc1NC(=O)c1ccc(NC(=O)CNC2CCCCC2C(C)(C)C)cc1. The number of nitrogens with one attached hydrogen (secondary N) is 3. The maximum Gasteiger partial charge on any atom is 0.255 e. The third-order valence-corrected chi connectivity index (χ3v) is 6.19. The minimum atomic E-state index is -0.237. The summed E-state index contributed by atoms with van der Waals surface area (Å²) in [6.45, 7) is 7.13. The second kappa shape index (κ2) is 10.6. The van der Waals surface area contributed by atoms with Crippen LogP contribution in [-0.4, -0.2) is 31.5 Å². The second-order valence-electron chi connectivity index (χ2n) is 9.52. The molecule has 172 valence electrons. The lowest BCUT2D eigenvalue weighted by Gasteiger charge is -2.40. The molecule has 0 spiro atoms. The predicted octanol–water partition coefficient (Wildman–Crippen LogP) is 5.08. The van der Waals surface area contributed by atoms with Crippen LogP contribution in [0.15, 0.2) is 48.5 Å². The number of amides is 2. The minimum absolute atomic E-state index is 0.0746. The lowest BCUT2D eigenvalue weighted by Crippen LogP contribution is -2.46. The van der Waals surface area contributed by atoms with Crippen LogP contribution in [0.5, 0.6) is 5.75 Å². The summed E-state index contributed by atoms with van der Waals surface area (Å²) in [6.07, 6.45) is 4.81. The molecule has 3 N–H and O–H groups in total. The fourth-order valence-corrected chi connectivity index (χ4v) is 4.49. The Bertz CT molecular complexity index is 919. The minimum Gasteiger partial charge on any atom is -0.495 e. The van der Waals surface area contributed by atoms with Crippen LogP contribution in [0.3, 0.4) is 0 Å². The summed E-state index contributed by atoms with van der Waals surface area (Å²) in [5, 5.41) is 9.24. The summed E-state index contributed by atoms with van der Waals surface area (Å²) >= 11 is 0. The Balaban J connectivity index is 1.52. The number of carbonyl (C=O) groups excluding carboxylic acids is 2. The zero-order valence-corrected chi connectivity index (χ0v) is 19.5. The molecule has 6 nitrogen and oxygen atoms in total. The molecule has 1 fully saturated rings. The van der Waals surface area contributed by atoms with Gasteiger partial charge in [-0.1, -0.05) is 45.7 Å². The van der Waals surface area contributed by atoms with Crippen molar-refractivity contribution in [2.75, 3.05) is 24.3 Å². The van der Waals surface area contributed by atoms with Crippen LogP contribution in [0.4, 0.5) is 11.4 Å². The molecule has 0 aliphatic heterocycles. The third kappa shape index (κ3) is 6.33. The standard InChI is InChI=1S/C26H35N3O3/c1-26(2,3)20-9-5-6-10-21(20)27-17-24(30)28-19-15-13-18(14-16-19)25(31)29-22-11-7-8-12-23(22)32-4/h7-8,11-16,20-21,27H,5-6,9-10,17H2,1-4H3,(H,28,30)(H,29,31). The molecule has 2 atom stereocenters. The van der Waals surface area contributed by atoms with Gasteiger partial charge in [-0.25, -0.2) is 0 Å². The predicted molar refractivity (Wildman–Crippen MR) is 129 cm³/mol. The Hall–Kier alpha value is -2.86. The molecule has 3 rings (SSSR count). The first-order valence-corrected chi connectivity index (χ1v) is 11.4. The first kappa shape index (κ1) is 23.8. The van der Waals surface area contributed by atoms with Gasteiger partial charge in [0.1, 0.15) is 5.75 Å². The summed E-state index contributed by atoms with van der Waals surface area (Å²) in [5.41, 5.74) is 2.01. The maximum atomic E-state index is 12.5. The Morgan fingerprint density at radius 2 is 1.66 bits per heavy atom. The van der Waals surface area contributed by atoms with Crippen LogP contribution in [0.2, 0.25) is 0 Å². The van der Waals surface area contributed by atoms with Crippen molar-refractivity contribution in [2.24, 2.45) is 11.3 Å². The number of anilines is 2. The highest BCUT2D eigenvalue weighted by Crippen LogP contribution is 2.37. The Morgan fingerprint density at radius 3 is 2.34 bits per heavy atom. The summed E-state index contributed by atoms with van der Waals surface area (Å²) in [7, 11) is 1.56. The van der Waals surface area contributed by atoms with Crippen molar-refractivity contribution in [2.45, 2.75) is 52.5 Å². The number of hydrogen-bond acceptors (Lipinski definition) is 4. The van der Waals surface area contributed by atoms with Gasteiger partial charge >= 0.3 is 0 Å². The topological polar surface area (TPSA) is 79.5 Å². The van der Waals surface area contributed by atoms with Gasteiger partial charge in [-0.2, -0.15) is 0 Å². The molecular formula is C26H35N3O3. The van der Waals surface area contributed by atoms with Crippen molar-refractivity contribution in [1.29, 1.82) is 0 Å². The van der Waals surface area contributed by atoms with Crippen molar-refractivity contribution in [3.05, 3.63) is 54.1 Å². The third-order valence-electron chi connectivity index (χ3n) is 6.19. The molecule has 0 radical (unpaired) electrons. The molecule has 2 unspecified atom stereocenters. The summed E-state index contributed by atoms with van der Waals surface area (Å²) in [5.74, 6) is 0.864. The van der Waals surface area contributed by atoms with Crippen molar-refractivity contribution >= 4 is 23.2 Å². The average molecular weight is 438 g/mol. The maximum absolute atomic E-state index is 12.5. The normalized spacial score (nSPS) is 18.6. The number of rotatable bonds is 7. The van der Waals surface area contributed by atoms with Crippen molar-refractivity contribution < 1.29 is 14.3 Å². The van der Waals surface area contributed by atoms with Crippen LogP contribution in [0, 0.1) is 11.3 Å². The zero-order valence-electron chi connectivity index (χ0n) is 19.5. The number of ether oxygens (including phenoxy) is 1. The Morgan fingerprint density at radius 1 is 0.969 bits per heavy atom. The van der Waals surface area contributed by atoms with E-state index in [0.717, 1.165) is 6.42 Å². The van der Waals surface area contributed by atoms with E-state index < -0.39 is 0 Å². The lowest BCUT2D eigenvalue weighted by molar-refractivity contribution is -0.115. The molecule has 0 saturated heterocycles. The molecule has 6 heteroatoms. The molecule has 1 aliphatic carbocycles. The van der Waals surface area contributed by atoms with E-state index in [-0.39, 0.29) is 23.8 Å². The number of carbonyl (C=O) groups is 2. The first-order valence-electron chi connectivity index (χ1n) is 11.4. The van der Waals surface area contributed by atoms with Gasteiger partial charge in [-0.05, 0) is 60.6 Å². The summed E-state index contributed by atoms with van der Waals surface area (Å²) < 4.78 is 5.27. The molecule has 1 saturated carbocycles. The summed E-state index contributed by atoms with van der Waals surface area (Å²) in [4.78, 5) is 25.0. The van der Waals surface area contributed by atoms with Gasteiger partial charge in [-0.3, -0.25) is 9.59 Å². The van der Waals surface area contributed by atoms with E-state index in [9.17, 15) is 9.59 Å². The van der Waals surface area contributed by atoms with Crippen LogP contribution >= 0.6 is 0 Å². The van der Waals surface area contributed by atoms with E-state index in [1.807, 2.05) is 12.1 Å². The van der Waals surface area contributed by atoms with E-state index in [4.69, 9.17) is 4.74 Å². The fourth-order valence-electron chi connectivity index (χ4n) is 4.49. The second-order valence-corrected chi connectivity index (χ2v) is 9.52. The van der Waals surface area contributed by atoms with Crippen LogP contribution < -0.4 is 20.7 Å². The van der Waals surface area contributed by atoms with Crippen LogP contribution in [-0.2, 0) is 4.79 Å². The van der Waals surface area contributed by atoms with Crippen LogP contribution in [0.1, 0.15) is 56.8 Å². The van der Waals surface area contributed by atoms with E-state index >= 15 is 0 Å². The zero-order chi connectivity index (χ0) is 23.1. The van der Waals surface area contributed by atoms with Crippen molar-refractivity contribution in [3.63, 3.8) is 0 Å². The van der Waals surface area contributed by atoms with E-state index in [1.165, 1.54) is 19.3 Å². The van der Waals surface area contributed by atoms with Crippen molar-refractivity contribution in [3.8, 4) is 5.75 Å². The molecule has 32 heavy (non-hydrogen) atoms. The van der Waals surface area contributed by atoms with E-state index in [1.54, 1.807) is 43.5 Å². The Kier molecular flexibility index (Phi) is 7.91. The van der Waals surface area contributed by atoms with Gasteiger partial charge in [0.2, 0.25) is 5.91 Å².